The molecule has 0 radical (unpaired) electrons. The monoisotopic (exact) mass is 306 g/mol. The zero-order chi connectivity index (χ0) is 15.8. The van der Waals surface area contributed by atoms with Gasteiger partial charge in [0.1, 0.15) is 0 Å². The predicted molar refractivity (Wildman–Crippen MR) is 94.8 cm³/mol. The lowest BCUT2D eigenvalue weighted by molar-refractivity contribution is 0.0966. The third-order valence-electron chi connectivity index (χ3n) is 4.91. The number of ether oxygens (including phenoxy) is 1. The molecule has 2 aromatic rings. The van der Waals surface area contributed by atoms with Crippen LogP contribution in [0.1, 0.15) is 22.3 Å². The number of nitrogens with zero attached hydrogens (tertiary/aromatic N) is 2. The summed E-state index contributed by atoms with van der Waals surface area (Å²) in [6.07, 6.45) is 0. The highest BCUT2D eigenvalue weighted by Crippen LogP contribution is 2.32. The van der Waals surface area contributed by atoms with E-state index in [2.05, 4.69) is 61.2 Å². The number of benzene rings is 2. The lowest BCUT2D eigenvalue weighted by Crippen LogP contribution is -2.47. The number of hydrogen-bond donors (Lipinski definition) is 0. The van der Waals surface area contributed by atoms with Gasteiger partial charge in [0.2, 0.25) is 0 Å². The minimum Gasteiger partial charge on any atom is -0.377 e. The number of hydrogen-bond acceptors (Lipinski definition) is 3. The Bertz CT molecular complexity index is 752. The maximum atomic E-state index is 5.69. The molecule has 3 nitrogen and oxygen atoms in total. The number of aliphatic imine (C=N–C) groups is 1. The van der Waals surface area contributed by atoms with Crippen LogP contribution < -0.4 is 4.90 Å². The van der Waals surface area contributed by atoms with E-state index < -0.39 is 0 Å². The first-order chi connectivity index (χ1) is 11.2. The van der Waals surface area contributed by atoms with Crippen molar-refractivity contribution in [1.82, 2.24) is 0 Å². The average molecular weight is 306 g/mol. The molecule has 0 aromatic heterocycles. The van der Waals surface area contributed by atoms with Gasteiger partial charge < -0.3 is 9.64 Å². The molecule has 0 aliphatic carbocycles. The summed E-state index contributed by atoms with van der Waals surface area (Å²) in [5.74, 6) is 0. The largest absolute Gasteiger partial charge is 0.377 e. The first kappa shape index (κ1) is 14.5. The molecule has 2 aromatic carbocycles. The summed E-state index contributed by atoms with van der Waals surface area (Å²) in [5, 5.41) is 0. The second-order valence-electron chi connectivity index (χ2n) is 6.43. The summed E-state index contributed by atoms with van der Waals surface area (Å²) in [5.41, 5.74) is 7.52. The standard InChI is InChI=1S/C20H22N2O/c1-14-10-18-19(11-15(14)2)22-8-9-23-13-17(22)12-21-20(18)16-6-4-3-5-7-16/h3-7,10-11,17H,8-9,12-13H2,1-2H3. The summed E-state index contributed by atoms with van der Waals surface area (Å²) in [4.78, 5) is 7.48. The van der Waals surface area contributed by atoms with Gasteiger partial charge in [-0.05, 0) is 37.1 Å². The van der Waals surface area contributed by atoms with E-state index in [1.807, 2.05) is 0 Å². The van der Waals surface area contributed by atoms with E-state index in [9.17, 15) is 0 Å². The topological polar surface area (TPSA) is 24.8 Å². The molecule has 23 heavy (non-hydrogen) atoms. The van der Waals surface area contributed by atoms with Gasteiger partial charge in [0.05, 0.1) is 31.5 Å². The van der Waals surface area contributed by atoms with Crippen molar-refractivity contribution in [3.05, 3.63) is 64.7 Å². The molecule has 0 saturated carbocycles. The average Bonchev–Trinajstić information content (AvgIpc) is 2.74. The molecule has 118 valence electrons. The second kappa shape index (κ2) is 5.82. The zero-order valence-corrected chi connectivity index (χ0v) is 13.7. The summed E-state index contributed by atoms with van der Waals surface area (Å²) >= 11 is 0. The van der Waals surface area contributed by atoms with Crippen LogP contribution in [0.2, 0.25) is 0 Å². The highest BCUT2D eigenvalue weighted by molar-refractivity contribution is 6.16. The number of morpholine rings is 1. The zero-order valence-electron chi connectivity index (χ0n) is 13.7. The molecule has 1 fully saturated rings. The maximum Gasteiger partial charge on any atom is 0.0740 e. The predicted octanol–water partition coefficient (Wildman–Crippen LogP) is 3.36. The molecule has 2 aliphatic heterocycles. The Kier molecular flexibility index (Phi) is 3.66. The summed E-state index contributed by atoms with van der Waals surface area (Å²) in [7, 11) is 0. The second-order valence-corrected chi connectivity index (χ2v) is 6.43. The minimum atomic E-state index is 0.339. The Hall–Kier alpha value is -2.13. The van der Waals surface area contributed by atoms with Crippen LogP contribution in [0.25, 0.3) is 0 Å². The third-order valence-corrected chi connectivity index (χ3v) is 4.91. The van der Waals surface area contributed by atoms with Crippen LogP contribution in [0.5, 0.6) is 0 Å². The molecule has 2 heterocycles. The van der Waals surface area contributed by atoms with Crippen molar-refractivity contribution in [2.75, 3.05) is 31.2 Å². The van der Waals surface area contributed by atoms with Crippen molar-refractivity contribution >= 4 is 11.4 Å². The fraction of sp³-hybridized carbons (Fsp3) is 0.350. The van der Waals surface area contributed by atoms with E-state index in [0.717, 1.165) is 32.0 Å². The van der Waals surface area contributed by atoms with Crippen molar-refractivity contribution in [3.63, 3.8) is 0 Å². The van der Waals surface area contributed by atoms with E-state index in [1.165, 1.54) is 27.9 Å². The van der Waals surface area contributed by atoms with E-state index in [0.29, 0.717) is 6.04 Å². The lowest BCUT2D eigenvalue weighted by atomic mass is 9.95. The highest BCUT2D eigenvalue weighted by atomic mass is 16.5. The fourth-order valence-corrected chi connectivity index (χ4v) is 3.48. The summed E-state index contributed by atoms with van der Waals surface area (Å²) in [6, 6.07) is 15.5. The SMILES string of the molecule is Cc1cc2c(cc1C)N1CCOCC1CN=C2c1ccccc1. The van der Waals surface area contributed by atoms with Crippen LogP contribution in [0.4, 0.5) is 5.69 Å². The van der Waals surface area contributed by atoms with E-state index in [4.69, 9.17) is 9.73 Å². The smallest absolute Gasteiger partial charge is 0.0740 e. The lowest BCUT2D eigenvalue weighted by Gasteiger charge is -2.36. The van der Waals surface area contributed by atoms with Crippen molar-refractivity contribution < 1.29 is 4.74 Å². The first-order valence-corrected chi connectivity index (χ1v) is 8.30. The first-order valence-electron chi connectivity index (χ1n) is 8.30. The Balaban J connectivity index is 1.91. The van der Waals surface area contributed by atoms with Crippen LogP contribution in [0.3, 0.4) is 0 Å². The van der Waals surface area contributed by atoms with Crippen molar-refractivity contribution in [1.29, 1.82) is 0 Å². The fourth-order valence-electron chi connectivity index (χ4n) is 3.48. The van der Waals surface area contributed by atoms with Crippen LogP contribution in [0.15, 0.2) is 47.5 Å². The molecule has 3 heteroatoms. The third kappa shape index (κ3) is 2.55. The minimum absolute atomic E-state index is 0.339. The Morgan fingerprint density at radius 3 is 2.70 bits per heavy atom. The quantitative estimate of drug-likeness (QED) is 0.807. The van der Waals surface area contributed by atoms with Crippen LogP contribution in [0, 0.1) is 13.8 Å². The Morgan fingerprint density at radius 1 is 1.09 bits per heavy atom. The van der Waals surface area contributed by atoms with Crippen molar-refractivity contribution in [2.24, 2.45) is 4.99 Å². The molecular formula is C20H22N2O. The van der Waals surface area contributed by atoms with Gasteiger partial charge >= 0.3 is 0 Å². The summed E-state index contributed by atoms with van der Waals surface area (Å²) < 4.78 is 5.69. The molecular weight excluding hydrogens is 284 g/mol. The van der Waals surface area contributed by atoms with Crippen LogP contribution >= 0.6 is 0 Å². The normalized spacial score (nSPS) is 20.3. The van der Waals surface area contributed by atoms with E-state index >= 15 is 0 Å². The molecule has 1 atom stereocenters. The Morgan fingerprint density at radius 2 is 1.87 bits per heavy atom. The van der Waals surface area contributed by atoms with Gasteiger partial charge in [-0.25, -0.2) is 0 Å². The summed E-state index contributed by atoms with van der Waals surface area (Å²) in [6.45, 7) is 7.66. The Labute approximate surface area is 137 Å². The number of aryl methyl sites for hydroxylation is 2. The molecule has 0 bridgehead atoms. The highest BCUT2D eigenvalue weighted by Gasteiger charge is 2.29. The van der Waals surface area contributed by atoms with Gasteiger partial charge in [0.25, 0.3) is 0 Å². The van der Waals surface area contributed by atoms with Gasteiger partial charge in [-0.3, -0.25) is 4.99 Å². The molecule has 4 rings (SSSR count). The number of rotatable bonds is 1. The van der Waals surface area contributed by atoms with Gasteiger partial charge in [-0.1, -0.05) is 30.3 Å². The molecule has 2 aliphatic rings. The molecule has 1 saturated heterocycles. The number of anilines is 1. The van der Waals surface area contributed by atoms with Gasteiger partial charge in [0, 0.05) is 23.4 Å². The molecule has 1 unspecified atom stereocenters. The number of fused-ring (bicyclic) bond motifs is 3. The van der Waals surface area contributed by atoms with E-state index in [-0.39, 0.29) is 0 Å². The van der Waals surface area contributed by atoms with Crippen LogP contribution in [-0.2, 0) is 4.74 Å². The maximum absolute atomic E-state index is 5.69. The van der Waals surface area contributed by atoms with Crippen molar-refractivity contribution in [2.45, 2.75) is 19.9 Å². The van der Waals surface area contributed by atoms with Crippen molar-refractivity contribution in [3.8, 4) is 0 Å². The molecule has 0 amide bonds. The van der Waals surface area contributed by atoms with E-state index in [1.54, 1.807) is 0 Å². The molecule has 0 spiro atoms. The van der Waals surface area contributed by atoms with Gasteiger partial charge in [-0.2, -0.15) is 0 Å². The van der Waals surface area contributed by atoms with Crippen LogP contribution in [-0.4, -0.2) is 38.1 Å². The molecule has 0 N–H and O–H groups in total. The van der Waals surface area contributed by atoms with Gasteiger partial charge in [-0.15, -0.1) is 0 Å². The van der Waals surface area contributed by atoms with Gasteiger partial charge in [0.15, 0.2) is 0 Å².